The topological polar surface area (TPSA) is 40.5 Å². The molecule has 8 aliphatic rings. The molecule has 0 spiro atoms. The lowest BCUT2D eigenvalue weighted by Gasteiger charge is -2.42. The van der Waals surface area contributed by atoms with Gasteiger partial charge in [-0.05, 0) is 339 Å². The van der Waals surface area contributed by atoms with Crippen LogP contribution in [0.2, 0.25) is 0 Å². The Labute approximate surface area is 799 Å². The van der Waals surface area contributed by atoms with E-state index in [2.05, 4.69) is 361 Å². The molecule has 132 heavy (non-hydrogen) atoms. The normalized spacial score (nSPS) is 20.3. The molecule has 0 radical (unpaired) electrons. The Morgan fingerprint density at radius 2 is 0.515 bits per heavy atom. The zero-order valence-electron chi connectivity index (χ0n) is 84.5. The molecule has 5 heteroatoms. The summed E-state index contributed by atoms with van der Waals surface area (Å²) in [7, 11) is 0. The molecule has 8 aromatic carbocycles. The third-order valence-corrected chi connectivity index (χ3v) is 26.8. The largest absolute Gasteiger partial charge is 0.378 e. The second-order valence-electron chi connectivity index (χ2n) is 43.3. The van der Waals surface area contributed by atoms with E-state index in [1.165, 1.54) is 165 Å². The lowest BCUT2D eigenvalue weighted by molar-refractivity contribution is -0.0920. The van der Waals surface area contributed by atoms with Gasteiger partial charge in [-0.25, -0.2) is 13.2 Å². The molecule has 0 saturated heterocycles. The molecule has 8 fully saturated rings. The second-order valence-corrected chi connectivity index (χ2v) is 43.3. The summed E-state index contributed by atoms with van der Waals surface area (Å²) in [6, 6.07) is 64.2. The van der Waals surface area contributed by atoms with Crippen LogP contribution >= 0.6 is 0 Å². The summed E-state index contributed by atoms with van der Waals surface area (Å²) in [5.74, 6) is 56.5. The van der Waals surface area contributed by atoms with Crippen molar-refractivity contribution in [1.29, 1.82) is 0 Å². The minimum atomic E-state index is -1.26. The first-order chi connectivity index (χ1) is 62.4. The van der Waals surface area contributed by atoms with E-state index in [1.807, 2.05) is 48.5 Å². The Bertz CT molecular complexity index is 5630. The molecule has 2 N–H and O–H groups in total. The Kier molecular flexibility index (Phi) is 39.0. The Morgan fingerprint density at radius 1 is 0.258 bits per heavy atom. The minimum absolute atomic E-state index is 0.108. The quantitative estimate of drug-likeness (QED) is 0.149. The maximum absolute atomic E-state index is 13.4. The van der Waals surface area contributed by atoms with Crippen molar-refractivity contribution in [1.82, 2.24) is 0 Å². The van der Waals surface area contributed by atoms with E-state index in [-0.39, 0.29) is 35.4 Å². The van der Waals surface area contributed by atoms with Gasteiger partial charge in [0.25, 0.3) is 0 Å². The summed E-state index contributed by atoms with van der Waals surface area (Å²) in [6.45, 7) is 47.0. The zero-order chi connectivity index (χ0) is 96.1. The minimum Gasteiger partial charge on any atom is -0.378 e. The van der Waals surface area contributed by atoms with Crippen LogP contribution < -0.4 is 0 Å². The summed E-state index contributed by atoms with van der Waals surface area (Å²) in [5.41, 5.74) is 15.8. The van der Waals surface area contributed by atoms with Crippen LogP contribution in [0.4, 0.5) is 13.2 Å². The van der Waals surface area contributed by atoms with Crippen molar-refractivity contribution in [3.8, 4) is 94.7 Å². The Hall–Kier alpha value is -10.1. The lowest BCUT2D eigenvalue weighted by atomic mass is 9.70. The van der Waals surface area contributed by atoms with Crippen LogP contribution in [-0.4, -0.2) is 32.8 Å². The van der Waals surface area contributed by atoms with Crippen LogP contribution in [0, 0.1) is 134 Å². The molecule has 2 nitrogen and oxygen atoms in total. The van der Waals surface area contributed by atoms with Gasteiger partial charge in [0, 0.05) is 90.8 Å². The van der Waals surface area contributed by atoms with Gasteiger partial charge in [0.15, 0.2) is 0 Å². The van der Waals surface area contributed by atoms with Crippen molar-refractivity contribution in [2.24, 2.45) is 33.5 Å². The van der Waals surface area contributed by atoms with Crippen molar-refractivity contribution < 1.29 is 23.4 Å². The first kappa shape index (κ1) is 106. The Balaban J connectivity index is 0.000000170. The number of hydrogen-bond donors (Lipinski definition) is 2. The predicted octanol–water partition coefficient (Wildman–Crippen LogP) is 32.7. The van der Waals surface area contributed by atoms with Gasteiger partial charge in [-0.2, -0.15) is 0 Å². The SMILES string of the molecule is CC(C)c1cc(F)cc(C#CC2(C)CC2)c1.CC(C)c1cccc(C#CC2(C)CC2)c1.CC(C)c1cccc(C#CC2(C)CCC2)c1.CC(C)c1cccc(C#CC2(C)CCCC2)c1.CC(C)c1cccc(C#CC2(O)CC(C)(F)C2)c1.CC(C)c1cccc(C#CC2(O)CCCCC2)c1.CC(C)c1cccc(C#CC2CC(C)(F)C2)c1.CC(C)c1cccc(C#CC2CCC2)c1. The molecule has 0 unspecified atom stereocenters. The average molecular weight is 1770 g/mol. The number of halogens is 3. The molecule has 8 saturated carbocycles. The van der Waals surface area contributed by atoms with Crippen LogP contribution in [0.15, 0.2) is 188 Å². The summed E-state index contributed by atoms with van der Waals surface area (Å²) in [4.78, 5) is 0. The van der Waals surface area contributed by atoms with E-state index in [0.29, 0.717) is 76.9 Å². The van der Waals surface area contributed by atoms with Gasteiger partial charge < -0.3 is 10.2 Å². The molecule has 0 bridgehead atoms. The summed E-state index contributed by atoms with van der Waals surface area (Å²) < 4.78 is 40.0. The summed E-state index contributed by atoms with van der Waals surface area (Å²) in [6.07, 6.45) is 24.4. The molecule has 0 atom stereocenters. The third-order valence-electron chi connectivity index (χ3n) is 26.8. The van der Waals surface area contributed by atoms with E-state index >= 15 is 0 Å². The average Bonchev–Trinajstić information content (AvgIpc) is 1.07. The summed E-state index contributed by atoms with van der Waals surface area (Å²) >= 11 is 0. The first-order valence-corrected chi connectivity index (χ1v) is 49.9. The van der Waals surface area contributed by atoms with E-state index in [0.717, 1.165) is 59.1 Å². The monoisotopic (exact) mass is 1770 g/mol. The predicted molar refractivity (Wildman–Crippen MR) is 554 cm³/mol. The number of alkyl halides is 2. The van der Waals surface area contributed by atoms with Gasteiger partial charge in [0.2, 0.25) is 0 Å². The maximum Gasteiger partial charge on any atom is 0.131 e. The van der Waals surface area contributed by atoms with Crippen molar-refractivity contribution in [2.45, 2.75) is 370 Å². The molecule has 8 aliphatic carbocycles. The third kappa shape index (κ3) is 36.7. The maximum atomic E-state index is 13.4. The van der Waals surface area contributed by atoms with E-state index < -0.39 is 22.5 Å². The second kappa shape index (κ2) is 48.7. The van der Waals surface area contributed by atoms with Gasteiger partial charge in [0.1, 0.15) is 28.4 Å². The van der Waals surface area contributed by atoms with E-state index in [9.17, 15) is 23.4 Å². The van der Waals surface area contributed by atoms with Gasteiger partial charge in [-0.15, -0.1) is 0 Å². The highest BCUT2D eigenvalue weighted by Crippen LogP contribution is 2.47. The van der Waals surface area contributed by atoms with E-state index in [1.54, 1.807) is 13.0 Å². The zero-order valence-corrected chi connectivity index (χ0v) is 84.5. The highest BCUT2D eigenvalue weighted by molar-refractivity contribution is 5.47. The molecular formula is C127H155F3O2. The molecule has 8 aromatic rings. The summed E-state index contributed by atoms with van der Waals surface area (Å²) in [5, 5.41) is 20.3. The van der Waals surface area contributed by atoms with Gasteiger partial charge >= 0.3 is 0 Å². The number of rotatable bonds is 8. The highest BCUT2D eigenvalue weighted by Gasteiger charge is 2.51. The van der Waals surface area contributed by atoms with Crippen LogP contribution in [0.3, 0.4) is 0 Å². The standard InChI is InChI=1S/C17H22O.C17H22.C16H19FO.C16H19F.C16H20.C15H17F.2C15H18/c1-14(2)16-8-6-7-15(13-16)9-12-17(18)10-4-3-5-11-17;1-14(2)16-8-6-7-15(13-16)9-12-17(3)10-4-5-11-17;1-12(2)14-6-4-5-13(9-14)7-8-16(18)10-15(3,17)11-16;1-12(2)15-6-4-5-13(9-15)7-8-14-10-16(3,17)11-14;1-13(2)15-7-4-6-14(12-15)8-11-16(3)9-5-10-16;1-11(2)13-8-12(9-14(16)10-13)4-5-15(3)6-7-15;1-12(2)14-6-4-5-13(11-14)7-8-15(3)9-10-15;1-12(2)15-8-4-7-14(11-15)10-9-13-5-3-6-13/h6-8,13-14,18H,3-5,10-11H2,1-2H3;6-8,13-14H,4-5,10-11H2,1-3H3;4-6,9,12,18H,10-11H2,1-3H3;4-6,9,12,14H,10-11H2,1-3H3;4,6-7,12-13H,5,9-10H2,1-3H3;8-11H,6-7H2,1-3H3;4-6,11-12H,9-10H2,1-3H3;4,7-8,11-13H,3,5-6H2,1-2H3. The molecule has 0 aromatic heterocycles. The fourth-order valence-electron chi connectivity index (χ4n) is 16.4. The van der Waals surface area contributed by atoms with Crippen LogP contribution in [0.5, 0.6) is 0 Å². The highest BCUT2D eigenvalue weighted by atomic mass is 19.1. The number of aliphatic hydroxyl groups is 2. The van der Waals surface area contributed by atoms with Crippen molar-refractivity contribution in [3.05, 3.63) is 283 Å². The Morgan fingerprint density at radius 3 is 0.780 bits per heavy atom. The molecule has 0 aliphatic heterocycles. The molecule has 696 valence electrons. The van der Waals surface area contributed by atoms with E-state index in [4.69, 9.17) is 0 Å². The molecule has 16 rings (SSSR count). The van der Waals surface area contributed by atoms with Crippen molar-refractivity contribution in [2.75, 3.05) is 0 Å². The van der Waals surface area contributed by atoms with Gasteiger partial charge in [-0.3, -0.25) is 0 Å². The first-order valence-electron chi connectivity index (χ1n) is 49.9. The van der Waals surface area contributed by atoms with Gasteiger partial charge in [-0.1, -0.05) is 323 Å². The fourth-order valence-corrected chi connectivity index (χ4v) is 16.4. The number of hydrogen-bond acceptors (Lipinski definition) is 2. The lowest BCUT2D eigenvalue weighted by Crippen LogP contribution is -2.51. The molecule has 0 amide bonds. The molecule has 0 heterocycles. The smallest absolute Gasteiger partial charge is 0.131 e. The van der Waals surface area contributed by atoms with Crippen LogP contribution in [0.1, 0.15) is 436 Å². The molecular weight excluding hydrogens is 1610 g/mol. The van der Waals surface area contributed by atoms with Crippen molar-refractivity contribution in [3.63, 3.8) is 0 Å². The number of benzene rings is 8. The van der Waals surface area contributed by atoms with Crippen LogP contribution in [-0.2, 0) is 0 Å². The van der Waals surface area contributed by atoms with Gasteiger partial charge in [0.05, 0.1) is 0 Å². The van der Waals surface area contributed by atoms with Crippen molar-refractivity contribution >= 4 is 0 Å². The fraction of sp³-hybridized carbons (Fsp3) is 0.496. The van der Waals surface area contributed by atoms with Crippen LogP contribution in [0.25, 0.3) is 0 Å².